The number of sulfone groups is 1. The van der Waals surface area contributed by atoms with Gasteiger partial charge in [-0.2, -0.15) is 0 Å². The maximum atomic E-state index is 12.7. The number of thioether (sulfide) groups is 1. The number of amides is 1. The molecular formula is C19H23NO3S2. The molecule has 0 aromatic heterocycles. The lowest BCUT2D eigenvalue weighted by Gasteiger charge is -2.19. The predicted octanol–water partition coefficient (Wildman–Crippen LogP) is 4.08. The third kappa shape index (κ3) is 5.09. The third-order valence-electron chi connectivity index (χ3n) is 3.86. The molecule has 6 heteroatoms. The molecule has 0 heterocycles. The minimum Gasteiger partial charge on any atom is -0.345 e. The molecule has 1 N–H and O–H groups in total. The van der Waals surface area contributed by atoms with E-state index in [1.54, 1.807) is 36.0 Å². The molecule has 4 nitrogen and oxygen atoms in total. The Bertz CT molecular complexity index is 830. The van der Waals surface area contributed by atoms with Crippen LogP contribution in [0, 0.1) is 0 Å². The zero-order valence-corrected chi connectivity index (χ0v) is 16.3. The van der Waals surface area contributed by atoms with E-state index in [0.717, 1.165) is 16.2 Å². The number of carbonyl (C=O) groups excluding carboxylic acids is 1. The van der Waals surface area contributed by atoms with Crippen molar-refractivity contribution in [1.82, 2.24) is 5.32 Å². The second kappa shape index (κ2) is 8.54. The highest BCUT2D eigenvalue weighted by Crippen LogP contribution is 2.24. The Kier molecular flexibility index (Phi) is 6.67. The van der Waals surface area contributed by atoms with Crippen molar-refractivity contribution >= 4 is 27.5 Å². The van der Waals surface area contributed by atoms with Crippen LogP contribution >= 0.6 is 11.8 Å². The zero-order valence-electron chi connectivity index (χ0n) is 14.7. The summed E-state index contributed by atoms with van der Waals surface area (Å²) in [5.41, 5.74) is 1.56. The van der Waals surface area contributed by atoms with Gasteiger partial charge < -0.3 is 5.32 Å². The minimum atomic E-state index is -3.22. The Balaban J connectivity index is 2.21. The molecule has 2 aromatic rings. The molecule has 0 saturated heterocycles. The normalized spacial score (nSPS) is 12.6. The van der Waals surface area contributed by atoms with Crippen molar-refractivity contribution in [1.29, 1.82) is 0 Å². The molecular weight excluding hydrogens is 354 g/mol. The van der Waals surface area contributed by atoms with Gasteiger partial charge >= 0.3 is 0 Å². The fourth-order valence-corrected chi connectivity index (χ4v) is 3.97. The van der Waals surface area contributed by atoms with Gasteiger partial charge in [-0.05, 0) is 42.0 Å². The first kappa shape index (κ1) is 19.5. The Morgan fingerprint density at radius 2 is 1.72 bits per heavy atom. The van der Waals surface area contributed by atoms with Crippen molar-refractivity contribution in [2.24, 2.45) is 0 Å². The maximum absolute atomic E-state index is 12.7. The van der Waals surface area contributed by atoms with E-state index in [0.29, 0.717) is 12.0 Å². The van der Waals surface area contributed by atoms with Crippen LogP contribution in [0.15, 0.2) is 58.3 Å². The Hall–Kier alpha value is -1.79. The summed E-state index contributed by atoms with van der Waals surface area (Å²) in [4.78, 5) is 13.9. The molecule has 134 valence electrons. The Morgan fingerprint density at radius 1 is 1.08 bits per heavy atom. The number of benzene rings is 2. The van der Waals surface area contributed by atoms with E-state index in [9.17, 15) is 13.2 Å². The Morgan fingerprint density at radius 3 is 2.28 bits per heavy atom. The molecule has 2 rings (SSSR count). The number of hydrogen-bond donors (Lipinski definition) is 1. The van der Waals surface area contributed by atoms with E-state index >= 15 is 0 Å². The largest absolute Gasteiger partial charge is 0.345 e. The highest BCUT2D eigenvalue weighted by atomic mass is 32.2. The molecule has 2 aromatic carbocycles. The first-order valence-corrected chi connectivity index (χ1v) is 11.1. The molecule has 0 aliphatic heterocycles. The summed E-state index contributed by atoms with van der Waals surface area (Å²) in [6.07, 6.45) is 1.90. The van der Waals surface area contributed by atoms with Gasteiger partial charge in [-0.1, -0.05) is 38.1 Å². The van der Waals surface area contributed by atoms with Crippen molar-refractivity contribution in [2.75, 3.05) is 12.0 Å². The van der Waals surface area contributed by atoms with E-state index in [1.165, 1.54) is 6.26 Å². The van der Waals surface area contributed by atoms with Crippen molar-refractivity contribution in [3.8, 4) is 0 Å². The SMILES string of the molecule is CCSc1ccccc1C(=O)N[C@@H](CC)c1ccc(S(C)(=O)=O)cc1. The minimum absolute atomic E-state index is 0.115. The molecule has 1 amide bonds. The van der Waals surface area contributed by atoms with Gasteiger partial charge in [0, 0.05) is 11.2 Å². The quantitative estimate of drug-likeness (QED) is 0.739. The summed E-state index contributed by atoms with van der Waals surface area (Å²) in [5.74, 6) is 0.782. The maximum Gasteiger partial charge on any atom is 0.252 e. The number of rotatable bonds is 7. The van der Waals surface area contributed by atoms with Crippen LogP contribution in [0.1, 0.15) is 42.2 Å². The van der Waals surface area contributed by atoms with Crippen LogP contribution < -0.4 is 5.32 Å². The molecule has 1 atom stereocenters. The monoisotopic (exact) mass is 377 g/mol. The van der Waals surface area contributed by atoms with E-state index in [2.05, 4.69) is 12.2 Å². The van der Waals surface area contributed by atoms with Crippen LogP contribution in [0.3, 0.4) is 0 Å². The molecule has 0 spiro atoms. The average Bonchev–Trinajstić information content (AvgIpc) is 2.59. The second-order valence-electron chi connectivity index (χ2n) is 5.70. The van der Waals surface area contributed by atoms with Gasteiger partial charge in [0.05, 0.1) is 16.5 Å². The van der Waals surface area contributed by atoms with Gasteiger partial charge in [-0.15, -0.1) is 11.8 Å². The topological polar surface area (TPSA) is 63.2 Å². The van der Waals surface area contributed by atoms with Gasteiger partial charge in [0.1, 0.15) is 0 Å². The molecule has 0 unspecified atom stereocenters. The Labute approximate surface area is 154 Å². The van der Waals surface area contributed by atoms with Gasteiger partial charge in [-0.25, -0.2) is 8.42 Å². The van der Waals surface area contributed by atoms with Crippen LogP contribution in [-0.4, -0.2) is 26.3 Å². The van der Waals surface area contributed by atoms with E-state index < -0.39 is 9.84 Å². The van der Waals surface area contributed by atoms with Crippen molar-refractivity contribution < 1.29 is 13.2 Å². The summed E-state index contributed by atoms with van der Waals surface area (Å²) in [7, 11) is -3.22. The lowest BCUT2D eigenvalue weighted by atomic mass is 10.0. The third-order valence-corrected chi connectivity index (χ3v) is 5.94. The molecule has 0 aliphatic carbocycles. The standard InChI is InChI=1S/C19H23NO3S2/c1-4-17(14-10-12-15(13-11-14)25(3,22)23)20-19(21)16-8-6-7-9-18(16)24-5-2/h6-13,17H,4-5H2,1-3H3,(H,20,21)/t17-/m0/s1. The van der Waals surface area contributed by atoms with Gasteiger partial charge in [0.2, 0.25) is 0 Å². The second-order valence-corrected chi connectivity index (χ2v) is 9.03. The molecule has 0 saturated carbocycles. The fourth-order valence-electron chi connectivity index (χ4n) is 2.54. The van der Waals surface area contributed by atoms with Crippen molar-refractivity contribution in [3.63, 3.8) is 0 Å². The van der Waals surface area contributed by atoms with Gasteiger partial charge in [0.15, 0.2) is 9.84 Å². The molecule has 0 bridgehead atoms. The van der Waals surface area contributed by atoms with Crippen molar-refractivity contribution in [3.05, 3.63) is 59.7 Å². The summed E-state index contributed by atoms with van der Waals surface area (Å²) in [6, 6.07) is 14.1. The van der Waals surface area contributed by atoms with Gasteiger partial charge in [-0.3, -0.25) is 4.79 Å². The zero-order chi connectivity index (χ0) is 18.4. The van der Waals surface area contributed by atoms with Crippen molar-refractivity contribution in [2.45, 2.75) is 36.1 Å². The van der Waals surface area contributed by atoms with E-state index in [4.69, 9.17) is 0 Å². The highest BCUT2D eigenvalue weighted by molar-refractivity contribution is 7.99. The first-order valence-electron chi connectivity index (χ1n) is 8.19. The van der Waals surface area contributed by atoms with Crippen LogP contribution in [0.25, 0.3) is 0 Å². The fraction of sp³-hybridized carbons (Fsp3) is 0.316. The lowest BCUT2D eigenvalue weighted by Crippen LogP contribution is -2.28. The molecule has 0 radical (unpaired) electrons. The van der Waals surface area contributed by atoms with Crippen LogP contribution in [-0.2, 0) is 9.84 Å². The molecule has 0 fully saturated rings. The van der Waals surface area contributed by atoms with Gasteiger partial charge in [0.25, 0.3) is 5.91 Å². The number of carbonyl (C=O) groups is 1. The first-order chi connectivity index (χ1) is 11.9. The molecule has 25 heavy (non-hydrogen) atoms. The predicted molar refractivity (Wildman–Crippen MR) is 103 cm³/mol. The van der Waals surface area contributed by atoms with E-state index in [1.807, 2.05) is 31.2 Å². The number of nitrogens with one attached hydrogen (secondary N) is 1. The van der Waals surface area contributed by atoms with Crippen LogP contribution in [0.5, 0.6) is 0 Å². The van der Waals surface area contributed by atoms with E-state index in [-0.39, 0.29) is 16.8 Å². The number of hydrogen-bond acceptors (Lipinski definition) is 4. The lowest BCUT2D eigenvalue weighted by molar-refractivity contribution is 0.0932. The van der Waals surface area contributed by atoms with Crippen LogP contribution in [0.4, 0.5) is 0 Å². The summed E-state index contributed by atoms with van der Waals surface area (Å²) in [5, 5.41) is 3.05. The average molecular weight is 378 g/mol. The summed E-state index contributed by atoms with van der Waals surface area (Å²) in [6.45, 7) is 4.04. The molecule has 0 aliphatic rings. The summed E-state index contributed by atoms with van der Waals surface area (Å²) >= 11 is 1.64. The summed E-state index contributed by atoms with van der Waals surface area (Å²) < 4.78 is 23.1. The smallest absolute Gasteiger partial charge is 0.252 e. The highest BCUT2D eigenvalue weighted by Gasteiger charge is 2.17. The van der Waals surface area contributed by atoms with Crippen LogP contribution in [0.2, 0.25) is 0 Å².